The van der Waals surface area contributed by atoms with Gasteiger partial charge >= 0.3 is 0 Å². The van der Waals surface area contributed by atoms with Gasteiger partial charge in [0.15, 0.2) is 0 Å². The fraction of sp³-hybridized carbons (Fsp3) is 0.407. The van der Waals surface area contributed by atoms with E-state index in [2.05, 4.69) is 9.35 Å². The van der Waals surface area contributed by atoms with Crippen molar-refractivity contribution in [1.82, 2.24) is 24.6 Å². The molecule has 0 saturated heterocycles. The van der Waals surface area contributed by atoms with Gasteiger partial charge in [0.25, 0.3) is 11.8 Å². The van der Waals surface area contributed by atoms with Crippen LogP contribution in [0.25, 0.3) is 0 Å². The number of carbonyl (C=O) groups is 2. The number of amides is 2. The summed E-state index contributed by atoms with van der Waals surface area (Å²) in [5.74, 6) is -0.316. The summed E-state index contributed by atoms with van der Waals surface area (Å²) in [6, 6.07) is 7.96. The van der Waals surface area contributed by atoms with Crippen LogP contribution in [-0.4, -0.2) is 66.5 Å². The minimum atomic E-state index is -2.54. The van der Waals surface area contributed by atoms with Crippen molar-refractivity contribution in [2.75, 3.05) is 19.8 Å². The molecule has 5 rings (SSSR count). The first-order chi connectivity index (χ1) is 18.4. The molecule has 0 spiro atoms. The van der Waals surface area contributed by atoms with E-state index < -0.39 is 9.73 Å². The average Bonchev–Trinajstić information content (AvgIpc) is 3.30. The normalized spacial score (nSPS) is 21.2. The Balaban J connectivity index is 1.45. The van der Waals surface area contributed by atoms with Crippen molar-refractivity contribution < 1.29 is 13.8 Å². The summed E-state index contributed by atoms with van der Waals surface area (Å²) in [5.41, 5.74) is 3.41. The molecule has 0 radical (unpaired) electrons. The van der Waals surface area contributed by atoms with E-state index >= 15 is 0 Å². The van der Waals surface area contributed by atoms with Crippen LogP contribution in [0, 0.1) is 0 Å². The summed E-state index contributed by atoms with van der Waals surface area (Å²) in [4.78, 5) is 35.4. The van der Waals surface area contributed by atoms with Crippen LogP contribution in [-0.2, 0) is 22.7 Å². The maximum absolute atomic E-state index is 13.9. The number of halogens is 2. The third-order valence-electron chi connectivity index (χ3n) is 7.66. The van der Waals surface area contributed by atoms with Crippen molar-refractivity contribution in [3.8, 4) is 0 Å². The third-order valence-corrected chi connectivity index (χ3v) is 10.1. The SMILES string of the molecule is CN=[S@@](C)(=O)c1ccc([C@@H](C)N2C[C@@H](C)n3nc4c(c3C2=O)CN(C(=O)c2ccc(Cl)c(Cl)c2)[C@H](C)C4)cn1. The quantitative estimate of drug-likeness (QED) is 0.425. The number of aromatic nitrogens is 3. The second-order valence-electron chi connectivity index (χ2n) is 10.2. The van der Waals surface area contributed by atoms with Crippen LogP contribution in [0.2, 0.25) is 10.0 Å². The molecule has 2 aliphatic heterocycles. The Kier molecular flexibility index (Phi) is 7.24. The number of pyridine rings is 1. The molecular formula is C27H30Cl2N6O3S. The van der Waals surface area contributed by atoms with E-state index in [1.54, 1.807) is 41.6 Å². The maximum Gasteiger partial charge on any atom is 0.273 e. The molecule has 4 atom stereocenters. The minimum Gasteiger partial charge on any atom is -0.331 e. The van der Waals surface area contributed by atoms with E-state index in [9.17, 15) is 13.8 Å². The first-order valence-electron chi connectivity index (χ1n) is 12.7. The number of rotatable bonds is 4. The molecule has 2 aliphatic rings. The van der Waals surface area contributed by atoms with Gasteiger partial charge in [0.2, 0.25) is 0 Å². The molecule has 2 amide bonds. The van der Waals surface area contributed by atoms with Crippen LogP contribution in [0.3, 0.4) is 0 Å². The smallest absolute Gasteiger partial charge is 0.273 e. The highest BCUT2D eigenvalue weighted by Gasteiger charge is 2.40. The number of carbonyl (C=O) groups excluding carboxylic acids is 2. The van der Waals surface area contributed by atoms with Gasteiger partial charge in [0.05, 0.1) is 44.1 Å². The van der Waals surface area contributed by atoms with Crippen molar-refractivity contribution in [1.29, 1.82) is 0 Å². The molecule has 0 unspecified atom stereocenters. The highest BCUT2D eigenvalue weighted by Crippen LogP contribution is 2.35. The summed E-state index contributed by atoms with van der Waals surface area (Å²) in [7, 11) is -1.03. The summed E-state index contributed by atoms with van der Waals surface area (Å²) >= 11 is 12.2. The van der Waals surface area contributed by atoms with Crippen molar-refractivity contribution >= 4 is 44.7 Å². The molecule has 3 aromatic rings. The standard InChI is InChI=1S/C27H30Cl2N6O3S/c1-15-10-23-20(14-33(15)26(36)18-6-8-21(28)22(29)11-18)25-27(37)34(13-16(2)35(25)32-23)17(3)19-7-9-24(31-12-19)39(5,38)30-4/h6-9,11-12,15-17H,10,13-14H2,1-5H3/t15-,16-,17-,39+/m1/s1. The second-order valence-corrected chi connectivity index (χ2v) is 13.4. The van der Waals surface area contributed by atoms with Crippen LogP contribution in [0.5, 0.6) is 0 Å². The Morgan fingerprint density at radius 2 is 1.90 bits per heavy atom. The van der Waals surface area contributed by atoms with E-state index in [0.717, 1.165) is 16.8 Å². The predicted molar refractivity (Wildman–Crippen MR) is 151 cm³/mol. The summed E-state index contributed by atoms with van der Waals surface area (Å²) < 4.78 is 18.3. The molecule has 9 nitrogen and oxygen atoms in total. The minimum absolute atomic E-state index is 0.0548. The monoisotopic (exact) mass is 588 g/mol. The molecule has 0 N–H and O–H groups in total. The third kappa shape index (κ3) is 4.83. The van der Waals surface area contributed by atoms with Gasteiger partial charge in [0.1, 0.15) is 10.7 Å². The lowest BCUT2D eigenvalue weighted by Gasteiger charge is -2.37. The van der Waals surface area contributed by atoms with Gasteiger partial charge in [-0.25, -0.2) is 13.6 Å². The predicted octanol–water partition coefficient (Wildman–Crippen LogP) is 5.04. The van der Waals surface area contributed by atoms with Crippen molar-refractivity contribution in [2.45, 2.75) is 56.9 Å². The van der Waals surface area contributed by atoms with Crippen LogP contribution in [0.4, 0.5) is 0 Å². The molecule has 2 aromatic heterocycles. The molecule has 4 heterocycles. The zero-order valence-corrected chi connectivity index (χ0v) is 24.7. The molecule has 12 heteroatoms. The molecule has 39 heavy (non-hydrogen) atoms. The van der Waals surface area contributed by atoms with Crippen LogP contribution < -0.4 is 0 Å². The number of benzene rings is 1. The van der Waals surface area contributed by atoms with E-state index in [1.165, 1.54) is 7.05 Å². The zero-order valence-electron chi connectivity index (χ0n) is 22.4. The first kappa shape index (κ1) is 27.6. The summed E-state index contributed by atoms with van der Waals surface area (Å²) in [5, 5.41) is 5.93. The maximum atomic E-state index is 13.9. The van der Waals surface area contributed by atoms with Gasteiger partial charge < -0.3 is 9.80 Å². The molecule has 0 saturated carbocycles. The lowest BCUT2D eigenvalue weighted by Crippen LogP contribution is -2.45. The number of hydrogen-bond donors (Lipinski definition) is 0. The van der Waals surface area contributed by atoms with Gasteiger partial charge in [-0.15, -0.1) is 0 Å². The fourth-order valence-electron chi connectivity index (χ4n) is 5.23. The zero-order chi connectivity index (χ0) is 28.2. The van der Waals surface area contributed by atoms with E-state index in [1.807, 2.05) is 36.4 Å². The largest absolute Gasteiger partial charge is 0.331 e. The van der Waals surface area contributed by atoms with Crippen LogP contribution >= 0.6 is 23.2 Å². The van der Waals surface area contributed by atoms with Crippen LogP contribution in [0.15, 0.2) is 45.9 Å². The lowest BCUT2D eigenvalue weighted by molar-refractivity contribution is 0.0574. The molecule has 0 bridgehead atoms. The molecule has 0 aliphatic carbocycles. The highest BCUT2D eigenvalue weighted by atomic mass is 35.5. The Hall–Kier alpha value is -2.95. The molecule has 206 valence electrons. The van der Waals surface area contributed by atoms with E-state index in [-0.39, 0.29) is 36.5 Å². The van der Waals surface area contributed by atoms with Gasteiger partial charge in [-0.1, -0.05) is 29.3 Å². The Bertz CT molecular complexity index is 1600. The molecule has 0 fully saturated rings. The Morgan fingerprint density at radius 3 is 2.54 bits per heavy atom. The van der Waals surface area contributed by atoms with Gasteiger partial charge in [-0.2, -0.15) is 5.10 Å². The van der Waals surface area contributed by atoms with E-state index in [0.29, 0.717) is 39.3 Å². The number of fused-ring (bicyclic) bond motifs is 3. The average molecular weight is 590 g/mol. The van der Waals surface area contributed by atoms with Crippen molar-refractivity contribution in [3.63, 3.8) is 0 Å². The second kappa shape index (κ2) is 10.2. The Morgan fingerprint density at radius 1 is 1.15 bits per heavy atom. The van der Waals surface area contributed by atoms with E-state index in [4.69, 9.17) is 28.3 Å². The van der Waals surface area contributed by atoms with Crippen LogP contribution in [0.1, 0.15) is 70.5 Å². The molecular weight excluding hydrogens is 559 g/mol. The Labute approximate surface area is 238 Å². The number of nitrogens with zero attached hydrogens (tertiary/aromatic N) is 6. The lowest BCUT2D eigenvalue weighted by atomic mass is 9.96. The molecule has 1 aromatic carbocycles. The van der Waals surface area contributed by atoms with Gasteiger partial charge in [0, 0.05) is 49.6 Å². The van der Waals surface area contributed by atoms with Gasteiger partial charge in [-0.3, -0.25) is 14.3 Å². The summed E-state index contributed by atoms with van der Waals surface area (Å²) in [6.45, 7) is 6.72. The first-order valence-corrected chi connectivity index (χ1v) is 15.3. The topological polar surface area (TPSA) is 101 Å². The fourth-order valence-corrected chi connectivity index (χ4v) is 6.28. The van der Waals surface area contributed by atoms with Crippen molar-refractivity contribution in [3.05, 3.63) is 74.7 Å². The number of hydrogen-bond acceptors (Lipinski definition) is 6. The van der Waals surface area contributed by atoms with Gasteiger partial charge in [-0.05, 0) is 50.6 Å². The van der Waals surface area contributed by atoms with Crippen molar-refractivity contribution in [2.24, 2.45) is 4.36 Å². The highest BCUT2D eigenvalue weighted by molar-refractivity contribution is 7.92. The summed E-state index contributed by atoms with van der Waals surface area (Å²) in [6.07, 6.45) is 3.75.